The van der Waals surface area contributed by atoms with Gasteiger partial charge in [0.1, 0.15) is 5.60 Å². The number of carboxylic acids is 1. The van der Waals surface area contributed by atoms with Crippen molar-refractivity contribution >= 4 is 11.9 Å². The molecule has 0 radical (unpaired) electrons. The molecule has 1 aliphatic carbocycles. The van der Waals surface area contributed by atoms with E-state index in [4.69, 9.17) is 9.84 Å². The molecule has 1 unspecified atom stereocenters. The molecule has 0 saturated heterocycles. The van der Waals surface area contributed by atoms with Crippen molar-refractivity contribution in [3.63, 3.8) is 0 Å². The number of carboxylic acid groups (broad SMARTS) is 1. The van der Waals surface area contributed by atoms with Crippen LogP contribution < -0.4 is 0 Å². The van der Waals surface area contributed by atoms with E-state index in [1.807, 2.05) is 6.92 Å². The predicted octanol–water partition coefficient (Wildman–Crippen LogP) is 1.97. The number of ether oxygens (including phenoxy) is 1. The van der Waals surface area contributed by atoms with Crippen LogP contribution in [0.25, 0.3) is 0 Å². The van der Waals surface area contributed by atoms with Gasteiger partial charge < -0.3 is 9.84 Å². The van der Waals surface area contributed by atoms with Crippen molar-refractivity contribution in [2.24, 2.45) is 5.92 Å². The van der Waals surface area contributed by atoms with Gasteiger partial charge >= 0.3 is 11.9 Å². The van der Waals surface area contributed by atoms with Crippen molar-refractivity contribution in [2.45, 2.75) is 51.6 Å². The maximum Gasteiger partial charge on any atom is 0.320 e. The zero-order valence-corrected chi connectivity index (χ0v) is 9.28. The smallest absolute Gasteiger partial charge is 0.320 e. The quantitative estimate of drug-likeness (QED) is 0.574. The van der Waals surface area contributed by atoms with Gasteiger partial charge in [-0.05, 0) is 39.0 Å². The average molecular weight is 214 g/mol. The highest BCUT2D eigenvalue weighted by Crippen LogP contribution is 2.36. The van der Waals surface area contributed by atoms with Gasteiger partial charge in [0.25, 0.3) is 0 Å². The Bertz CT molecular complexity index is 253. The Labute approximate surface area is 89.6 Å². The second-order valence-corrected chi connectivity index (χ2v) is 4.22. The Morgan fingerprint density at radius 2 is 1.93 bits per heavy atom. The number of hydrogen-bond donors (Lipinski definition) is 1. The molecular weight excluding hydrogens is 196 g/mol. The van der Waals surface area contributed by atoms with E-state index in [1.54, 1.807) is 0 Å². The number of rotatable bonds is 4. The van der Waals surface area contributed by atoms with Crippen LogP contribution in [0.1, 0.15) is 46.0 Å². The standard InChI is InChI=1S/C11H18O4/c1-3-11(6-4-5-7-11)15-10(14)8(2)9(12)13/h8H,3-7H2,1-2H3,(H,12,13). The van der Waals surface area contributed by atoms with E-state index in [1.165, 1.54) is 6.92 Å². The second kappa shape index (κ2) is 4.64. The highest BCUT2D eigenvalue weighted by molar-refractivity contribution is 5.93. The molecule has 0 aromatic heterocycles. The van der Waals surface area contributed by atoms with Gasteiger partial charge in [-0.25, -0.2) is 0 Å². The SMILES string of the molecule is CCC1(OC(=O)C(C)C(=O)O)CCCC1. The van der Waals surface area contributed by atoms with Crippen molar-refractivity contribution in [1.82, 2.24) is 0 Å². The lowest BCUT2D eigenvalue weighted by Gasteiger charge is -2.28. The summed E-state index contributed by atoms with van der Waals surface area (Å²) in [7, 11) is 0. The van der Waals surface area contributed by atoms with E-state index in [0.29, 0.717) is 0 Å². The van der Waals surface area contributed by atoms with Gasteiger partial charge in [-0.15, -0.1) is 0 Å². The highest BCUT2D eigenvalue weighted by Gasteiger charge is 2.38. The molecule has 1 atom stereocenters. The Hall–Kier alpha value is -1.06. The van der Waals surface area contributed by atoms with E-state index < -0.39 is 17.9 Å². The first-order valence-electron chi connectivity index (χ1n) is 5.46. The minimum Gasteiger partial charge on any atom is -0.481 e. The van der Waals surface area contributed by atoms with E-state index in [0.717, 1.165) is 32.1 Å². The first kappa shape index (κ1) is 12.0. The molecule has 0 spiro atoms. The molecule has 1 saturated carbocycles. The van der Waals surface area contributed by atoms with E-state index >= 15 is 0 Å². The van der Waals surface area contributed by atoms with Crippen LogP contribution in [0.15, 0.2) is 0 Å². The van der Waals surface area contributed by atoms with Crippen LogP contribution in [0.2, 0.25) is 0 Å². The molecule has 4 nitrogen and oxygen atoms in total. The second-order valence-electron chi connectivity index (χ2n) is 4.22. The van der Waals surface area contributed by atoms with Gasteiger partial charge in [0.15, 0.2) is 5.92 Å². The van der Waals surface area contributed by atoms with Crippen molar-refractivity contribution in [3.8, 4) is 0 Å². The van der Waals surface area contributed by atoms with Crippen LogP contribution in [0.3, 0.4) is 0 Å². The Morgan fingerprint density at radius 1 is 1.40 bits per heavy atom. The summed E-state index contributed by atoms with van der Waals surface area (Å²) >= 11 is 0. The fourth-order valence-corrected chi connectivity index (χ4v) is 1.95. The number of esters is 1. The molecule has 0 aromatic carbocycles. The molecule has 0 amide bonds. The lowest BCUT2D eigenvalue weighted by atomic mass is 9.98. The van der Waals surface area contributed by atoms with Crippen LogP contribution in [0.5, 0.6) is 0 Å². The zero-order valence-electron chi connectivity index (χ0n) is 9.28. The monoisotopic (exact) mass is 214 g/mol. The van der Waals surface area contributed by atoms with E-state index in [2.05, 4.69) is 0 Å². The number of carbonyl (C=O) groups is 2. The zero-order chi connectivity index (χ0) is 11.5. The van der Waals surface area contributed by atoms with Crippen molar-refractivity contribution in [2.75, 3.05) is 0 Å². The molecule has 0 aromatic rings. The molecule has 86 valence electrons. The van der Waals surface area contributed by atoms with Crippen LogP contribution in [-0.4, -0.2) is 22.6 Å². The molecule has 15 heavy (non-hydrogen) atoms. The van der Waals surface area contributed by atoms with Gasteiger partial charge in [-0.3, -0.25) is 9.59 Å². The van der Waals surface area contributed by atoms with Gasteiger partial charge in [0.2, 0.25) is 0 Å². The summed E-state index contributed by atoms with van der Waals surface area (Å²) in [5, 5.41) is 8.68. The normalized spacial score (nSPS) is 20.9. The van der Waals surface area contributed by atoms with Gasteiger partial charge in [0.05, 0.1) is 0 Å². The number of hydrogen-bond acceptors (Lipinski definition) is 3. The van der Waals surface area contributed by atoms with Gasteiger partial charge in [-0.2, -0.15) is 0 Å². The third-order valence-corrected chi connectivity index (χ3v) is 3.20. The van der Waals surface area contributed by atoms with Crippen LogP contribution in [-0.2, 0) is 14.3 Å². The van der Waals surface area contributed by atoms with Crippen LogP contribution in [0.4, 0.5) is 0 Å². The minimum atomic E-state index is -1.12. The molecule has 4 heteroatoms. The maximum atomic E-state index is 11.5. The lowest BCUT2D eigenvalue weighted by Crippen LogP contribution is -2.35. The highest BCUT2D eigenvalue weighted by atomic mass is 16.6. The fraction of sp³-hybridized carbons (Fsp3) is 0.818. The topological polar surface area (TPSA) is 63.6 Å². The molecule has 1 aliphatic rings. The molecular formula is C11H18O4. The Balaban J connectivity index is 2.59. The Kier molecular flexibility index (Phi) is 3.72. The molecule has 0 heterocycles. The summed E-state index contributed by atoms with van der Waals surface area (Å²) in [6, 6.07) is 0. The first-order chi connectivity index (χ1) is 7.01. The van der Waals surface area contributed by atoms with Crippen LogP contribution in [0, 0.1) is 5.92 Å². The summed E-state index contributed by atoms with van der Waals surface area (Å²) in [6.07, 6.45) is 4.61. The van der Waals surface area contributed by atoms with E-state index in [9.17, 15) is 9.59 Å². The molecule has 1 rings (SSSR count). The molecule has 1 fully saturated rings. The summed E-state index contributed by atoms with van der Waals surface area (Å²) in [5.41, 5.74) is -0.388. The third-order valence-electron chi connectivity index (χ3n) is 3.20. The lowest BCUT2D eigenvalue weighted by molar-refractivity contribution is -0.169. The fourth-order valence-electron chi connectivity index (χ4n) is 1.95. The van der Waals surface area contributed by atoms with Crippen molar-refractivity contribution < 1.29 is 19.4 Å². The molecule has 1 N–H and O–H groups in total. The minimum absolute atomic E-state index is 0.388. The third kappa shape index (κ3) is 2.70. The van der Waals surface area contributed by atoms with Crippen molar-refractivity contribution in [1.29, 1.82) is 0 Å². The molecule has 0 bridgehead atoms. The summed E-state index contributed by atoms with van der Waals surface area (Å²) in [4.78, 5) is 22.1. The van der Waals surface area contributed by atoms with Crippen molar-refractivity contribution in [3.05, 3.63) is 0 Å². The largest absolute Gasteiger partial charge is 0.481 e. The number of aliphatic carboxylic acids is 1. The van der Waals surface area contributed by atoms with Crippen LogP contribution >= 0.6 is 0 Å². The Morgan fingerprint density at radius 3 is 2.33 bits per heavy atom. The summed E-state index contributed by atoms with van der Waals surface area (Å²) < 4.78 is 5.35. The van der Waals surface area contributed by atoms with Gasteiger partial charge in [-0.1, -0.05) is 6.92 Å². The summed E-state index contributed by atoms with van der Waals surface area (Å²) in [6.45, 7) is 3.34. The predicted molar refractivity (Wildman–Crippen MR) is 54.4 cm³/mol. The first-order valence-corrected chi connectivity index (χ1v) is 5.46. The summed E-state index contributed by atoms with van der Waals surface area (Å²) in [5.74, 6) is -2.79. The van der Waals surface area contributed by atoms with E-state index in [-0.39, 0.29) is 5.60 Å². The maximum absolute atomic E-state index is 11.5. The molecule has 0 aliphatic heterocycles. The number of carbonyl (C=O) groups excluding carboxylic acids is 1. The van der Waals surface area contributed by atoms with Gasteiger partial charge in [0, 0.05) is 0 Å². The average Bonchev–Trinajstić information content (AvgIpc) is 2.65.